The predicted octanol–water partition coefficient (Wildman–Crippen LogP) is 3.65. The molecule has 0 aliphatic rings. The number of hydrogen-bond donors (Lipinski definition) is 1. The van der Waals surface area contributed by atoms with Crippen molar-refractivity contribution in [1.29, 1.82) is 0 Å². The predicted molar refractivity (Wildman–Crippen MR) is 114 cm³/mol. The molecule has 1 amide bonds. The van der Waals surface area contributed by atoms with Crippen molar-refractivity contribution in [3.05, 3.63) is 81.8 Å². The monoisotopic (exact) mass is 391 g/mol. The highest BCUT2D eigenvalue weighted by Crippen LogP contribution is 2.15. The topological polar surface area (TPSA) is 73.1 Å². The quantitative estimate of drug-likeness (QED) is 0.625. The zero-order chi connectivity index (χ0) is 21.0. The number of para-hydroxylation sites is 1. The first-order valence-corrected chi connectivity index (χ1v) is 9.68. The van der Waals surface area contributed by atoms with E-state index in [1.807, 2.05) is 42.5 Å². The summed E-state index contributed by atoms with van der Waals surface area (Å²) < 4.78 is 3.21. The number of nitrogens with zero attached hydrogens (tertiary/aromatic N) is 2. The number of ketones is 1. The van der Waals surface area contributed by atoms with Gasteiger partial charge in [0.15, 0.2) is 5.78 Å². The summed E-state index contributed by atoms with van der Waals surface area (Å²) in [5.74, 6) is -0.441. The number of carbonyl (C=O) groups is 2. The Bertz CT molecular complexity index is 1080. The molecule has 2 aromatic carbocycles. The number of carbonyl (C=O) groups excluding carboxylic acids is 2. The Hall–Kier alpha value is -3.41. The molecule has 29 heavy (non-hydrogen) atoms. The molecule has 1 N–H and O–H groups in total. The summed E-state index contributed by atoms with van der Waals surface area (Å²) in [6, 6.07) is 16.7. The third-order valence-corrected chi connectivity index (χ3v) is 5.08. The van der Waals surface area contributed by atoms with Crippen LogP contribution in [0.2, 0.25) is 0 Å². The lowest BCUT2D eigenvalue weighted by molar-refractivity contribution is -0.116. The van der Waals surface area contributed by atoms with Crippen LogP contribution in [-0.2, 0) is 18.3 Å². The molecule has 150 valence electrons. The maximum Gasteiger partial charge on any atom is 0.295 e. The first kappa shape index (κ1) is 20.3. The second-order valence-electron chi connectivity index (χ2n) is 6.96. The minimum atomic E-state index is -0.352. The number of nitrogens with one attached hydrogen (secondary N) is 1. The van der Waals surface area contributed by atoms with Gasteiger partial charge >= 0.3 is 0 Å². The molecule has 1 aromatic heterocycles. The molecule has 6 heteroatoms. The smallest absolute Gasteiger partial charge is 0.295 e. The number of aryl methyl sites for hydroxylation is 1. The average molecular weight is 391 g/mol. The standard InChI is InChI=1S/C23H25N3O3/c1-4-17-10-12-18(13-11-17)20(27)14-15-21(28)24-22-16(2)25(3)26(23(22)29)19-8-6-5-7-9-19/h5-13H,4,14-15H2,1-3H3,(H,24,28). The van der Waals surface area contributed by atoms with Crippen LogP contribution in [0.25, 0.3) is 5.69 Å². The Morgan fingerprint density at radius 1 is 0.966 bits per heavy atom. The molecule has 0 radical (unpaired) electrons. The Morgan fingerprint density at radius 3 is 2.24 bits per heavy atom. The van der Waals surface area contributed by atoms with Gasteiger partial charge in [-0.25, -0.2) is 4.68 Å². The van der Waals surface area contributed by atoms with Crippen LogP contribution in [0.5, 0.6) is 0 Å². The minimum absolute atomic E-state index is 0.0213. The molecule has 0 saturated heterocycles. The Morgan fingerprint density at radius 2 is 1.62 bits per heavy atom. The highest BCUT2D eigenvalue weighted by atomic mass is 16.2. The summed E-state index contributed by atoms with van der Waals surface area (Å²) in [7, 11) is 1.77. The van der Waals surface area contributed by atoms with Gasteiger partial charge < -0.3 is 5.32 Å². The summed E-state index contributed by atoms with van der Waals surface area (Å²) in [5, 5.41) is 2.69. The molecule has 0 spiro atoms. The molecule has 3 aromatic rings. The first-order chi connectivity index (χ1) is 13.9. The van der Waals surface area contributed by atoms with E-state index in [2.05, 4.69) is 12.2 Å². The van der Waals surface area contributed by atoms with Crippen LogP contribution >= 0.6 is 0 Å². The molecule has 3 rings (SSSR count). The molecule has 0 aliphatic heterocycles. The average Bonchev–Trinajstić information content (AvgIpc) is 2.95. The van der Waals surface area contributed by atoms with Crippen LogP contribution in [-0.4, -0.2) is 21.1 Å². The maximum absolute atomic E-state index is 12.8. The van der Waals surface area contributed by atoms with Gasteiger partial charge in [-0.15, -0.1) is 0 Å². The molecule has 1 heterocycles. The molecule has 0 bridgehead atoms. The van der Waals surface area contributed by atoms with E-state index in [-0.39, 0.29) is 35.8 Å². The number of hydrogen-bond acceptors (Lipinski definition) is 3. The third kappa shape index (κ3) is 4.37. The maximum atomic E-state index is 12.8. The zero-order valence-corrected chi connectivity index (χ0v) is 16.9. The van der Waals surface area contributed by atoms with Crippen LogP contribution in [0.15, 0.2) is 59.4 Å². The molecular formula is C23H25N3O3. The molecular weight excluding hydrogens is 366 g/mol. The van der Waals surface area contributed by atoms with Crippen LogP contribution in [0.1, 0.15) is 41.4 Å². The minimum Gasteiger partial charge on any atom is -0.320 e. The van der Waals surface area contributed by atoms with Gasteiger partial charge in [0.05, 0.1) is 11.4 Å². The molecule has 0 unspecified atom stereocenters. The van der Waals surface area contributed by atoms with E-state index in [0.717, 1.165) is 12.0 Å². The van der Waals surface area contributed by atoms with Gasteiger partial charge in [0.1, 0.15) is 5.69 Å². The van der Waals surface area contributed by atoms with Gasteiger partial charge in [0, 0.05) is 25.5 Å². The van der Waals surface area contributed by atoms with Crippen molar-refractivity contribution in [1.82, 2.24) is 9.36 Å². The zero-order valence-electron chi connectivity index (χ0n) is 16.9. The van der Waals surface area contributed by atoms with E-state index in [0.29, 0.717) is 16.9 Å². The highest BCUT2D eigenvalue weighted by Gasteiger charge is 2.18. The highest BCUT2D eigenvalue weighted by molar-refractivity contribution is 6.00. The lowest BCUT2D eigenvalue weighted by atomic mass is 10.0. The third-order valence-electron chi connectivity index (χ3n) is 5.08. The summed E-state index contributed by atoms with van der Waals surface area (Å²) in [6.45, 7) is 3.83. The Balaban J connectivity index is 1.69. The van der Waals surface area contributed by atoms with Crippen molar-refractivity contribution in [2.24, 2.45) is 7.05 Å². The lowest BCUT2D eigenvalue weighted by Crippen LogP contribution is -2.23. The largest absolute Gasteiger partial charge is 0.320 e. The van der Waals surface area contributed by atoms with E-state index in [1.165, 1.54) is 4.68 Å². The van der Waals surface area contributed by atoms with Crippen molar-refractivity contribution in [3.63, 3.8) is 0 Å². The van der Waals surface area contributed by atoms with Gasteiger partial charge in [0.2, 0.25) is 5.91 Å². The fourth-order valence-corrected chi connectivity index (χ4v) is 3.21. The Kier molecular flexibility index (Phi) is 6.12. The summed E-state index contributed by atoms with van der Waals surface area (Å²) in [5.41, 5.74) is 3.06. The van der Waals surface area contributed by atoms with Crippen molar-refractivity contribution < 1.29 is 9.59 Å². The van der Waals surface area contributed by atoms with E-state index in [9.17, 15) is 14.4 Å². The summed E-state index contributed by atoms with van der Waals surface area (Å²) in [6.07, 6.45) is 1.03. The van der Waals surface area contributed by atoms with Gasteiger partial charge in [-0.05, 0) is 31.0 Å². The van der Waals surface area contributed by atoms with Gasteiger partial charge in [-0.2, -0.15) is 0 Å². The van der Waals surface area contributed by atoms with Crippen LogP contribution in [0, 0.1) is 6.92 Å². The molecule has 0 saturated carbocycles. The van der Waals surface area contributed by atoms with Crippen molar-refractivity contribution in [3.8, 4) is 5.69 Å². The fourth-order valence-electron chi connectivity index (χ4n) is 3.21. The van der Waals surface area contributed by atoms with E-state index in [1.54, 1.807) is 30.8 Å². The van der Waals surface area contributed by atoms with Crippen molar-refractivity contribution >= 4 is 17.4 Å². The second kappa shape index (κ2) is 8.73. The van der Waals surface area contributed by atoms with Crippen molar-refractivity contribution in [2.75, 3.05) is 5.32 Å². The van der Waals surface area contributed by atoms with Gasteiger partial charge in [-0.1, -0.05) is 49.4 Å². The first-order valence-electron chi connectivity index (χ1n) is 9.68. The number of aromatic nitrogens is 2. The van der Waals surface area contributed by atoms with Crippen molar-refractivity contribution in [2.45, 2.75) is 33.1 Å². The number of benzene rings is 2. The number of rotatable bonds is 7. The Labute approximate surface area is 169 Å². The molecule has 0 atom stereocenters. The van der Waals surface area contributed by atoms with Gasteiger partial charge in [0.25, 0.3) is 5.56 Å². The van der Waals surface area contributed by atoms with E-state index in [4.69, 9.17) is 0 Å². The van der Waals surface area contributed by atoms with E-state index >= 15 is 0 Å². The van der Waals surface area contributed by atoms with Gasteiger partial charge in [-0.3, -0.25) is 19.1 Å². The van der Waals surface area contributed by atoms with Crippen LogP contribution in [0.3, 0.4) is 0 Å². The molecule has 0 aliphatic carbocycles. The number of anilines is 1. The van der Waals surface area contributed by atoms with Crippen LogP contribution in [0.4, 0.5) is 5.69 Å². The summed E-state index contributed by atoms with van der Waals surface area (Å²) in [4.78, 5) is 37.5. The normalized spacial score (nSPS) is 10.7. The van der Waals surface area contributed by atoms with E-state index < -0.39 is 0 Å². The second-order valence-corrected chi connectivity index (χ2v) is 6.96. The lowest BCUT2D eigenvalue weighted by Gasteiger charge is -2.07. The molecule has 6 nitrogen and oxygen atoms in total. The SMILES string of the molecule is CCc1ccc(C(=O)CCC(=O)Nc2c(C)n(C)n(-c3ccccc3)c2=O)cc1. The number of amides is 1. The molecule has 0 fully saturated rings. The number of Topliss-reactive ketones (excluding diaryl/α,β-unsaturated/α-hetero) is 1. The fraction of sp³-hybridized carbons (Fsp3) is 0.261. The summed E-state index contributed by atoms with van der Waals surface area (Å²) >= 11 is 0. The van der Waals surface area contributed by atoms with Crippen LogP contribution < -0.4 is 10.9 Å².